The first-order chi connectivity index (χ1) is 7.74. The molecule has 0 nitrogen and oxygen atoms in total. The first kappa shape index (κ1) is 9.65. The van der Waals surface area contributed by atoms with E-state index in [9.17, 15) is 0 Å². The van der Waals surface area contributed by atoms with Crippen LogP contribution in [0.4, 0.5) is 0 Å². The number of benzene rings is 2. The summed E-state index contributed by atoms with van der Waals surface area (Å²) in [6.07, 6.45) is 1.20. The van der Waals surface area contributed by atoms with E-state index in [0.29, 0.717) is 5.92 Å². The Labute approximate surface area is 96.9 Å². The van der Waals surface area contributed by atoms with Crippen LogP contribution in [0.5, 0.6) is 0 Å². The first-order valence-electron chi connectivity index (χ1n) is 5.96. The lowest BCUT2D eigenvalue weighted by Crippen LogP contribution is -1.86. The van der Waals surface area contributed by atoms with Crippen LogP contribution in [0, 0.1) is 0 Å². The van der Waals surface area contributed by atoms with E-state index >= 15 is 0 Å². The molecular formula is C16H16. The third-order valence-electron chi connectivity index (χ3n) is 3.37. The van der Waals surface area contributed by atoms with Crippen LogP contribution in [0.15, 0.2) is 42.5 Å². The Bertz CT molecular complexity index is 518. The minimum atomic E-state index is 0.614. The molecule has 0 heterocycles. The van der Waals surface area contributed by atoms with Crippen LogP contribution in [-0.2, 0) is 6.42 Å². The van der Waals surface area contributed by atoms with Crippen LogP contribution in [-0.4, -0.2) is 0 Å². The van der Waals surface area contributed by atoms with E-state index in [2.05, 4.69) is 56.3 Å². The molecule has 3 rings (SSSR count). The van der Waals surface area contributed by atoms with E-state index in [-0.39, 0.29) is 0 Å². The van der Waals surface area contributed by atoms with Crippen molar-refractivity contribution in [3.8, 4) is 11.1 Å². The van der Waals surface area contributed by atoms with E-state index in [1.165, 1.54) is 34.2 Å². The van der Waals surface area contributed by atoms with Crippen molar-refractivity contribution in [1.29, 1.82) is 0 Å². The molecule has 0 amide bonds. The Morgan fingerprint density at radius 3 is 2.12 bits per heavy atom. The van der Waals surface area contributed by atoms with Crippen molar-refractivity contribution < 1.29 is 0 Å². The fourth-order valence-electron chi connectivity index (χ4n) is 2.14. The highest BCUT2D eigenvalue weighted by Gasteiger charge is 2.16. The first-order valence-corrected chi connectivity index (χ1v) is 5.96. The second-order valence-electron chi connectivity index (χ2n) is 4.94. The van der Waals surface area contributed by atoms with Crippen LogP contribution in [0.3, 0.4) is 0 Å². The average Bonchev–Trinajstić information content (AvgIpc) is 3.07. The summed E-state index contributed by atoms with van der Waals surface area (Å²) < 4.78 is 0. The van der Waals surface area contributed by atoms with Crippen molar-refractivity contribution in [3.63, 3.8) is 0 Å². The van der Waals surface area contributed by atoms with Gasteiger partial charge in [0.15, 0.2) is 0 Å². The van der Waals surface area contributed by atoms with E-state index in [1.54, 1.807) is 0 Å². The summed E-state index contributed by atoms with van der Waals surface area (Å²) in [5.41, 5.74) is 7.13. The van der Waals surface area contributed by atoms with Gasteiger partial charge in [0.25, 0.3) is 0 Å². The quantitative estimate of drug-likeness (QED) is 0.586. The molecule has 2 aromatic carbocycles. The molecule has 0 bridgehead atoms. The molecule has 0 saturated carbocycles. The summed E-state index contributed by atoms with van der Waals surface area (Å²) in [4.78, 5) is 0. The monoisotopic (exact) mass is 208 g/mol. The lowest BCUT2D eigenvalue weighted by molar-refractivity contribution is 0.867. The third-order valence-corrected chi connectivity index (χ3v) is 3.37. The zero-order valence-electron chi connectivity index (χ0n) is 9.83. The molecule has 0 aromatic heterocycles. The van der Waals surface area contributed by atoms with Crippen molar-refractivity contribution in [1.82, 2.24) is 0 Å². The lowest BCUT2D eigenvalue weighted by Gasteiger charge is -2.06. The molecule has 16 heavy (non-hydrogen) atoms. The molecule has 1 aliphatic carbocycles. The highest BCUT2D eigenvalue weighted by molar-refractivity contribution is 5.68. The van der Waals surface area contributed by atoms with Crippen molar-refractivity contribution in [2.45, 2.75) is 26.2 Å². The van der Waals surface area contributed by atoms with Gasteiger partial charge in [0.1, 0.15) is 0 Å². The van der Waals surface area contributed by atoms with Gasteiger partial charge in [0.05, 0.1) is 0 Å². The van der Waals surface area contributed by atoms with Gasteiger partial charge in [-0.25, -0.2) is 0 Å². The molecular weight excluding hydrogens is 192 g/mol. The van der Waals surface area contributed by atoms with Crippen LogP contribution >= 0.6 is 0 Å². The molecule has 1 aliphatic rings. The summed E-state index contributed by atoms with van der Waals surface area (Å²) in [5.74, 6) is 0.614. The third kappa shape index (κ3) is 1.65. The summed E-state index contributed by atoms with van der Waals surface area (Å²) >= 11 is 0. The number of hydrogen-bond acceptors (Lipinski definition) is 0. The Balaban J connectivity index is 1.95. The number of hydrogen-bond donors (Lipinski definition) is 0. The van der Waals surface area contributed by atoms with Crippen LogP contribution in [0.25, 0.3) is 11.1 Å². The predicted octanol–water partition coefficient (Wildman–Crippen LogP) is 4.38. The van der Waals surface area contributed by atoms with Crippen molar-refractivity contribution in [2.75, 3.05) is 0 Å². The van der Waals surface area contributed by atoms with E-state index in [0.717, 1.165) is 0 Å². The number of rotatable bonds is 2. The highest BCUT2D eigenvalue weighted by Crippen LogP contribution is 2.32. The van der Waals surface area contributed by atoms with Gasteiger partial charge in [-0.05, 0) is 40.2 Å². The molecule has 2 aromatic rings. The van der Waals surface area contributed by atoms with E-state index in [1.807, 2.05) is 0 Å². The predicted molar refractivity (Wildman–Crippen MR) is 68.8 cm³/mol. The summed E-state index contributed by atoms with van der Waals surface area (Å²) in [5, 5.41) is 0. The van der Waals surface area contributed by atoms with Crippen molar-refractivity contribution in [2.24, 2.45) is 0 Å². The zero-order valence-corrected chi connectivity index (χ0v) is 9.83. The fraction of sp³-hybridized carbons (Fsp3) is 0.250. The van der Waals surface area contributed by atoms with Gasteiger partial charge < -0.3 is 0 Å². The average molecular weight is 208 g/mol. The van der Waals surface area contributed by atoms with Crippen molar-refractivity contribution >= 4 is 0 Å². The number of fused-ring (bicyclic) bond motifs is 1. The van der Waals surface area contributed by atoms with Gasteiger partial charge in [-0.1, -0.05) is 56.3 Å². The van der Waals surface area contributed by atoms with Crippen LogP contribution in [0.1, 0.15) is 36.5 Å². The van der Waals surface area contributed by atoms with E-state index < -0.39 is 0 Å². The second-order valence-corrected chi connectivity index (χ2v) is 4.94. The Hall–Kier alpha value is -1.56. The Kier molecular flexibility index (Phi) is 2.10. The summed E-state index contributed by atoms with van der Waals surface area (Å²) in [6, 6.07) is 15.8. The van der Waals surface area contributed by atoms with Crippen LogP contribution < -0.4 is 0 Å². The van der Waals surface area contributed by atoms with Gasteiger partial charge in [-0.15, -0.1) is 0 Å². The Morgan fingerprint density at radius 2 is 1.50 bits per heavy atom. The van der Waals surface area contributed by atoms with Crippen LogP contribution in [0.2, 0.25) is 0 Å². The Morgan fingerprint density at radius 1 is 0.812 bits per heavy atom. The molecule has 0 N–H and O–H groups in total. The molecule has 0 fully saturated rings. The summed E-state index contributed by atoms with van der Waals surface area (Å²) in [7, 11) is 0. The molecule has 0 saturated heterocycles. The highest BCUT2D eigenvalue weighted by atomic mass is 14.2. The minimum Gasteiger partial charge on any atom is -0.0587 e. The summed E-state index contributed by atoms with van der Waals surface area (Å²) in [6.45, 7) is 4.46. The van der Waals surface area contributed by atoms with Gasteiger partial charge in [-0.2, -0.15) is 0 Å². The second kappa shape index (κ2) is 3.48. The largest absolute Gasteiger partial charge is 0.0587 e. The van der Waals surface area contributed by atoms with E-state index in [4.69, 9.17) is 0 Å². The standard InChI is InChI=1S/C16H16/c1-11(2)12-3-5-13(6-4-12)14-7-8-15-10-16(15)9-14/h3-9,11H,10H2,1-2H3. The SMILES string of the molecule is CC(C)c1ccc(-c2ccc3c(c2)C3)cc1. The normalized spacial score (nSPS) is 12.7. The topological polar surface area (TPSA) is 0 Å². The molecule has 0 aliphatic heterocycles. The molecule has 0 unspecified atom stereocenters. The minimum absolute atomic E-state index is 0.614. The van der Waals surface area contributed by atoms with Crippen molar-refractivity contribution in [3.05, 3.63) is 59.2 Å². The smallest absolute Gasteiger partial charge is 0.00198 e. The molecule has 80 valence electrons. The lowest BCUT2D eigenvalue weighted by atomic mass is 9.99. The van der Waals surface area contributed by atoms with Gasteiger partial charge >= 0.3 is 0 Å². The molecule has 0 atom stereocenters. The molecule has 0 spiro atoms. The maximum atomic E-state index is 2.32. The maximum absolute atomic E-state index is 2.32. The maximum Gasteiger partial charge on any atom is -0.00198 e. The van der Waals surface area contributed by atoms with Gasteiger partial charge in [-0.3, -0.25) is 0 Å². The van der Waals surface area contributed by atoms with Gasteiger partial charge in [0.2, 0.25) is 0 Å². The zero-order chi connectivity index (χ0) is 11.1. The van der Waals surface area contributed by atoms with Gasteiger partial charge in [0, 0.05) is 0 Å². The molecule has 0 radical (unpaired) electrons. The molecule has 0 heteroatoms. The fourth-order valence-corrected chi connectivity index (χ4v) is 2.14.